The molecule has 5 rings (SSSR count). The number of nitrogens with one attached hydrogen (secondary N) is 1. The van der Waals surface area contributed by atoms with Gasteiger partial charge in [-0.25, -0.2) is 4.98 Å². The molecule has 3 aromatic carbocycles. The van der Waals surface area contributed by atoms with Crippen molar-refractivity contribution < 1.29 is 29.9 Å². The van der Waals surface area contributed by atoms with Gasteiger partial charge in [-0.2, -0.15) is 0 Å². The number of aromatic nitrogens is 2. The largest absolute Gasteiger partial charge is 0.493 e. The molecule has 37 heavy (non-hydrogen) atoms. The third-order valence-corrected chi connectivity index (χ3v) is 6.51. The molecule has 5 N–H and O–H groups in total. The quantitative estimate of drug-likeness (QED) is 0.208. The molecule has 1 aliphatic rings. The highest BCUT2D eigenvalue weighted by Crippen LogP contribution is 2.36. The van der Waals surface area contributed by atoms with Crippen LogP contribution in [0, 0.1) is 0 Å². The van der Waals surface area contributed by atoms with Gasteiger partial charge in [0, 0.05) is 25.1 Å². The molecule has 4 aromatic rings. The fourth-order valence-electron chi connectivity index (χ4n) is 4.60. The third kappa shape index (κ3) is 5.18. The van der Waals surface area contributed by atoms with Crippen molar-refractivity contribution in [3.8, 4) is 16.9 Å². The minimum Gasteiger partial charge on any atom is -0.493 e. The highest BCUT2D eigenvalue weighted by atomic mass is 16.6. The molecular formula is C28H31N3O6. The van der Waals surface area contributed by atoms with E-state index in [0.29, 0.717) is 31.0 Å². The second-order valence-electron chi connectivity index (χ2n) is 9.00. The lowest BCUT2D eigenvalue weighted by molar-refractivity contribution is -0.0499. The number of aliphatic hydroxyl groups is 4. The molecule has 2 heterocycles. The number of ether oxygens (including phenoxy) is 2. The van der Waals surface area contributed by atoms with Crippen LogP contribution >= 0.6 is 0 Å². The second kappa shape index (κ2) is 11.3. The molecule has 0 amide bonds. The van der Waals surface area contributed by atoms with Crippen LogP contribution in [0.3, 0.4) is 0 Å². The van der Waals surface area contributed by atoms with Crippen molar-refractivity contribution in [2.75, 3.05) is 25.1 Å². The van der Waals surface area contributed by atoms with Gasteiger partial charge in [0.25, 0.3) is 0 Å². The van der Waals surface area contributed by atoms with Crippen LogP contribution in [0.4, 0.5) is 5.95 Å². The van der Waals surface area contributed by atoms with E-state index in [1.54, 1.807) is 4.57 Å². The predicted molar refractivity (Wildman–Crippen MR) is 139 cm³/mol. The maximum Gasteiger partial charge on any atom is 0.206 e. The average molecular weight is 506 g/mol. The maximum atomic E-state index is 10.7. The van der Waals surface area contributed by atoms with Gasteiger partial charge in [0.1, 0.15) is 24.1 Å². The smallest absolute Gasteiger partial charge is 0.206 e. The van der Waals surface area contributed by atoms with Gasteiger partial charge in [-0.1, -0.05) is 54.6 Å². The van der Waals surface area contributed by atoms with E-state index in [4.69, 9.17) is 9.47 Å². The van der Waals surface area contributed by atoms with Gasteiger partial charge >= 0.3 is 0 Å². The first-order valence-corrected chi connectivity index (χ1v) is 12.4. The Morgan fingerprint density at radius 1 is 0.946 bits per heavy atom. The van der Waals surface area contributed by atoms with E-state index >= 15 is 0 Å². The molecule has 4 atom stereocenters. The fraction of sp³-hybridized carbons (Fsp3) is 0.321. The summed E-state index contributed by atoms with van der Waals surface area (Å²) in [4.78, 5) is 4.69. The summed E-state index contributed by atoms with van der Waals surface area (Å²) in [6.45, 7) is 0.452. The Morgan fingerprint density at radius 2 is 1.73 bits per heavy atom. The van der Waals surface area contributed by atoms with Gasteiger partial charge in [0.2, 0.25) is 5.95 Å². The van der Waals surface area contributed by atoms with Gasteiger partial charge in [0.05, 0.1) is 24.2 Å². The minimum atomic E-state index is -1.23. The van der Waals surface area contributed by atoms with Crippen LogP contribution in [0.1, 0.15) is 18.2 Å². The summed E-state index contributed by atoms with van der Waals surface area (Å²) in [6, 6.07) is 23.4. The lowest BCUT2D eigenvalue weighted by Crippen LogP contribution is -2.33. The molecule has 0 spiro atoms. The van der Waals surface area contributed by atoms with Gasteiger partial charge in [-0.05, 0) is 29.3 Å². The number of nitrogens with zero attached hydrogens (tertiary/aromatic N) is 2. The van der Waals surface area contributed by atoms with Crippen LogP contribution in [0.5, 0.6) is 5.75 Å². The normalized spacial score (nSPS) is 21.4. The molecule has 1 saturated heterocycles. The van der Waals surface area contributed by atoms with E-state index in [1.807, 2.05) is 72.8 Å². The Hall–Kier alpha value is -3.47. The Balaban J connectivity index is 1.43. The average Bonchev–Trinajstić information content (AvgIpc) is 3.44. The first-order chi connectivity index (χ1) is 18.1. The number of fused-ring (bicyclic) bond motifs is 1. The zero-order chi connectivity index (χ0) is 25.8. The molecular weight excluding hydrogens is 474 g/mol. The lowest BCUT2D eigenvalue weighted by Gasteiger charge is -2.20. The van der Waals surface area contributed by atoms with Crippen molar-refractivity contribution in [2.24, 2.45) is 0 Å². The zero-order valence-electron chi connectivity index (χ0n) is 20.3. The molecule has 0 aliphatic carbocycles. The van der Waals surface area contributed by atoms with E-state index in [1.165, 1.54) is 0 Å². The monoisotopic (exact) mass is 505 g/mol. The Kier molecular flexibility index (Phi) is 7.68. The Morgan fingerprint density at radius 3 is 2.49 bits per heavy atom. The molecule has 0 saturated carbocycles. The lowest BCUT2D eigenvalue weighted by atomic mass is 10.0. The van der Waals surface area contributed by atoms with Crippen molar-refractivity contribution in [3.63, 3.8) is 0 Å². The molecule has 9 heteroatoms. The molecule has 1 aliphatic heterocycles. The first-order valence-electron chi connectivity index (χ1n) is 12.4. The van der Waals surface area contributed by atoms with Crippen molar-refractivity contribution in [1.82, 2.24) is 9.55 Å². The topological polar surface area (TPSA) is 129 Å². The molecule has 0 bridgehead atoms. The van der Waals surface area contributed by atoms with Crippen LogP contribution < -0.4 is 10.1 Å². The van der Waals surface area contributed by atoms with E-state index < -0.39 is 31.1 Å². The van der Waals surface area contributed by atoms with Crippen LogP contribution in [0.15, 0.2) is 72.8 Å². The summed E-state index contributed by atoms with van der Waals surface area (Å²) >= 11 is 0. The van der Waals surface area contributed by atoms with Crippen LogP contribution in [-0.4, -0.2) is 68.1 Å². The van der Waals surface area contributed by atoms with E-state index in [2.05, 4.69) is 10.3 Å². The van der Waals surface area contributed by atoms with Crippen molar-refractivity contribution in [3.05, 3.63) is 78.4 Å². The van der Waals surface area contributed by atoms with Crippen LogP contribution in [0.2, 0.25) is 0 Å². The van der Waals surface area contributed by atoms with Crippen molar-refractivity contribution >= 4 is 17.0 Å². The van der Waals surface area contributed by atoms with E-state index in [0.717, 1.165) is 28.0 Å². The van der Waals surface area contributed by atoms with Gasteiger partial charge in [0.15, 0.2) is 6.23 Å². The Labute approximate surface area is 214 Å². The molecule has 1 fully saturated rings. The number of rotatable bonds is 10. The van der Waals surface area contributed by atoms with Gasteiger partial charge in [-0.3, -0.25) is 4.57 Å². The Bertz CT molecular complexity index is 1330. The number of hydrogen-bond acceptors (Lipinski definition) is 8. The summed E-state index contributed by atoms with van der Waals surface area (Å²) in [7, 11) is 0. The van der Waals surface area contributed by atoms with Gasteiger partial charge < -0.3 is 35.2 Å². The number of aliphatic hydroxyl groups excluding tert-OH is 4. The molecule has 1 aromatic heterocycles. The predicted octanol–water partition coefficient (Wildman–Crippen LogP) is 2.69. The summed E-state index contributed by atoms with van der Waals surface area (Å²) in [6.07, 6.45) is -3.72. The summed E-state index contributed by atoms with van der Waals surface area (Å²) in [5, 5.41) is 43.1. The SMILES string of the molecule is OCCCOc1cc(CNc2nc3ccccc3n2[C@@H]2O[C@H](CO)[C@@H](O)[C@H]2O)ccc1-c1ccccc1. The minimum absolute atomic E-state index is 0.0546. The van der Waals surface area contributed by atoms with Crippen molar-refractivity contribution in [2.45, 2.75) is 37.5 Å². The van der Waals surface area contributed by atoms with E-state index in [9.17, 15) is 20.4 Å². The highest BCUT2D eigenvalue weighted by Gasteiger charge is 2.44. The maximum absolute atomic E-state index is 10.7. The third-order valence-electron chi connectivity index (χ3n) is 6.51. The summed E-state index contributed by atoms with van der Waals surface area (Å²) in [5.74, 6) is 1.18. The number of benzene rings is 3. The summed E-state index contributed by atoms with van der Waals surface area (Å²) in [5.41, 5.74) is 4.37. The first kappa shape index (κ1) is 25.2. The van der Waals surface area contributed by atoms with Crippen molar-refractivity contribution in [1.29, 1.82) is 0 Å². The molecule has 0 radical (unpaired) electrons. The number of hydrogen-bond donors (Lipinski definition) is 5. The van der Waals surface area contributed by atoms with Crippen LogP contribution in [-0.2, 0) is 11.3 Å². The molecule has 9 nitrogen and oxygen atoms in total. The van der Waals surface area contributed by atoms with E-state index in [-0.39, 0.29) is 6.61 Å². The second-order valence-corrected chi connectivity index (χ2v) is 9.00. The molecule has 194 valence electrons. The summed E-state index contributed by atoms with van der Waals surface area (Å²) < 4.78 is 13.5. The fourth-order valence-corrected chi connectivity index (χ4v) is 4.60. The highest BCUT2D eigenvalue weighted by molar-refractivity contribution is 5.79. The zero-order valence-corrected chi connectivity index (χ0v) is 20.3. The number of para-hydroxylation sites is 2. The van der Waals surface area contributed by atoms with Gasteiger partial charge in [-0.15, -0.1) is 0 Å². The molecule has 0 unspecified atom stereocenters. The number of imidazole rings is 1. The van der Waals surface area contributed by atoms with Crippen LogP contribution in [0.25, 0.3) is 22.2 Å². The standard InChI is InChI=1S/C28H31N3O6/c32-13-6-14-36-23-15-18(11-12-20(23)19-7-2-1-3-8-19)16-29-28-30-21-9-4-5-10-22(21)31(28)27-26(35)25(34)24(17-33)37-27/h1-5,7-12,15,24-27,32-35H,6,13-14,16-17H2,(H,29,30)/t24-,25-,26-,27-/m1/s1. The number of anilines is 1.